The topological polar surface area (TPSA) is 38.8 Å². The van der Waals surface area contributed by atoms with Gasteiger partial charge in [0.25, 0.3) is 0 Å². The molecule has 0 N–H and O–H groups in total. The molecule has 1 saturated heterocycles. The van der Waals surface area contributed by atoms with Gasteiger partial charge in [0.15, 0.2) is 0 Å². The van der Waals surface area contributed by atoms with Gasteiger partial charge in [-0.2, -0.15) is 0 Å². The zero-order valence-electron chi connectivity index (χ0n) is 12.6. The van der Waals surface area contributed by atoms with Crippen LogP contribution in [0.5, 0.6) is 0 Å². The van der Waals surface area contributed by atoms with Crippen LogP contribution in [-0.4, -0.2) is 39.4 Å². The number of nitrogens with zero attached hydrogens (tertiary/aromatic N) is 1. The van der Waals surface area contributed by atoms with Crippen LogP contribution < -0.4 is 4.90 Å². The normalized spacial score (nSPS) is 14.7. The van der Waals surface area contributed by atoms with Crippen molar-refractivity contribution >= 4 is 11.7 Å². The molecule has 0 bridgehead atoms. The van der Waals surface area contributed by atoms with Gasteiger partial charge in [-0.3, -0.25) is 0 Å². The largest absolute Gasteiger partial charge is 0.465 e. The second kappa shape index (κ2) is 6.62. The zero-order chi connectivity index (χ0) is 15.4. The monoisotopic (exact) mass is 297 g/mol. The molecule has 1 aliphatic rings. The summed E-state index contributed by atoms with van der Waals surface area (Å²) in [6.07, 6.45) is 0. The standard InChI is InChI=1S/C18H19NO3/c1-21-18(20)15-8-5-9-16(19-10-12-22-13-11-19)17(15)14-6-3-2-4-7-14/h2-9H,10-13H2,1H3. The highest BCUT2D eigenvalue weighted by molar-refractivity contribution is 6.01. The molecule has 0 unspecified atom stereocenters. The zero-order valence-corrected chi connectivity index (χ0v) is 12.6. The molecule has 1 fully saturated rings. The van der Waals surface area contributed by atoms with E-state index in [1.807, 2.05) is 42.5 Å². The summed E-state index contributed by atoms with van der Waals surface area (Å²) in [4.78, 5) is 14.4. The van der Waals surface area contributed by atoms with Crippen molar-refractivity contribution < 1.29 is 14.3 Å². The molecule has 0 aromatic heterocycles. The first-order chi connectivity index (χ1) is 10.8. The van der Waals surface area contributed by atoms with E-state index in [4.69, 9.17) is 9.47 Å². The number of anilines is 1. The summed E-state index contributed by atoms with van der Waals surface area (Å²) in [6, 6.07) is 15.7. The number of hydrogen-bond donors (Lipinski definition) is 0. The number of carbonyl (C=O) groups is 1. The average molecular weight is 297 g/mol. The molecule has 0 spiro atoms. The SMILES string of the molecule is COC(=O)c1cccc(N2CCOCC2)c1-c1ccccc1. The molecule has 4 heteroatoms. The Bertz CT molecular complexity index is 649. The first-order valence-electron chi connectivity index (χ1n) is 7.40. The highest BCUT2D eigenvalue weighted by Gasteiger charge is 2.21. The molecule has 3 rings (SSSR count). The van der Waals surface area contributed by atoms with Crippen molar-refractivity contribution in [1.29, 1.82) is 0 Å². The number of methoxy groups -OCH3 is 1. The molecule has 0 atom stereocenters. The van der Waals surface area contributed by atoms with Crippen LogP contribution in [0.15, 0.2) is 48.5 Å². The third kappa shape index (κ3) is 2.83. The van der Waals surface area contributed by atoms with Gasteiger partial charge < -0.3 is 14.4 Å². The summed E-state index contributed by atoms with van der Waals surface area (Å²) in [5.74, 6) is -0.311. The Morgan fingerprint density at radius 2 is 1.77 bits per heavy atom. The summed E-state index contributed by atoms with van der Waals surface area (Å²) >= 11 is 0. The number of esters is 1. The Morgan fingerprint density at radius 3 is 2.45 bits per heavy atom. The van der Waals surface area contributed by atoms with Crippen LogP contribution in [0.2, 0.25) is 0 Å². The minimum absolute atomic E-state index is 0.311. The smallest absolute Gasteiger partial charge is 0.338 e. The number of ether oxygens (including phenoxy) is 2. The van der Waals surface area contributed by atoms with E-state index in [1.165, 1.54) is 7.11 Å². The minimum atomic E-state index is -0.311. The van der Waals surface area contributed by atoms with E-state index in [0.29, 0.717) is 18.8 Å². The third-order valence-corrected chi connectivity index (χ3v) is 3.86. The summed E-state index contributed by atoms with van der Waals surface area (Å²) in [5, 5.41) is 0. The van der Waals surface area contributed by atoms with Crippen LogP contribution in [0.25, 0.3) is 11.1 Å². The van der Waals surface area contributed by atoms with Crippen molar-refractivity contribution in [2.75, 3.05) is 38.3 Å². The summed E-state index contributed by atoms with van der Waals surface area (Å²) in [6.45, 7) is 3.06. The highest BCUT2D eigenvalue weighted by Crippen LogP contribution is 2.35. The maximum atomic E-state index is 12.2. The van der Waals surface area contributed by atoms with Crippen LogP contribution in [0.1, 0.15) is 10.4 Å². The van der Waals surface area contributed by atoms with E-state index in [2.05, 4.69) is 11.0 Å². The lowest BCUT2D eigenvalue weighted by atomic mass is 9.96. The van der Waals surface area contributed by atoms with Crippen molar-refractivity contribution in [3.63, 3.8) is 0 Å². The van der Waals surface area contributed by atoms with Gasteiger partial charge in [-0.15, -0.1) is 0 Å². The Hall–Kier alpha value is -2.33. The second-order valence-corrected chi connectivity index (χ2v) is 5.16. The van der Waals surface area contributed by atoms with Gasteiger partial charge in [-0.25, -0.2) is 4.79 Å². The summed E-state index contributed by atoms with van der Waals surface area (Å²) < 4.78 is 10.4. The molecule has 114 valence electrons. The Kier molecular flexibility index (Phi) is 4.39. The third-order valence-electron chi connectivity index (χ3n) is 3.86. The predicted octanol–water partition coefficient (Wildman–Crippen LogP) is 2.98. The number of rotatable bonds is 3. The Balaban J connectivity index is 2.14. The van der Waals surface area contributed by atoms with Gasteiger partial charge in [-0.1, -0.05) is 36.4 Å². The van der Waals surface area contributed by atoms with E-state index in [1.54, 1.807) is 0 Å². The van der Waals surface area contributed by atoms with Gasteiger partial charge >= 0.3 is 5.97 Å². The van der Waals surface area contributed by atoms with Gasteiger partial charge in [-0.05, 0) is 17.7 Å². The fourth-order valence-corrected chi connectivity index (χ4v) is 2.80. The number of carbonyl (C=O) groups excluding carboxylic acids is 1. The molecular weight excluding hydrogens is 278 g/mol. The lowest BCUT2D eigenvalue weighted by Crippen LogP contribution is -2.36. The van der Waals surface area contributed by atoms with E-state index in [0.717, 1.165) is 29.9 Å². The van der Waals surface area contributed by atoms with Crippen molar-refractivity contribution in [3.05, 3.63) is 54.1 Å². The molecule has 0 amide bonds. The number of benzene rings is 2. The van der Waals surface area contributed by atoms with Gasteiger partial charge in [0.1, 0.15) is 0 Å². The van der Waals surface area contributed by atoms with Crippen molar-refractivity contribution in [2.24, 2.45) is 0 Å². The molecule has 0 aliphatic carbocycles. The van der Waals surface area contributed by atoms with E-state index < -0.39 is 0 Å². The van der Waals surface area contributed by atoms with E-state index in [9.17, 15) is 4.79 Å². The molecule has 22 heavy (non-hydrogen) atoms. The van der Waals surface area contributed by atoms with Crippen LogP contribution in [-0.2, 0) is 9.47 Å². The molecule has 1 heterocycles. The summed E-state index contributed by atoms with van der Waals surface area (Å²) in [5.41, 5.74) is 3.59. The van der Waals surface area contributed by atoms with Crippen LogP contribution in [0.3, 0.4) is 0 Å². The lowest BCUT2D eigenvalue weighted by molar-refractivity contribution is 0.0601. The first-order valence-corrected chi connectivity index (χ1v) is 7.40. The van der Waals surface area contributed by atoms with Gasteiger partial charge in [0, 0.05) is 24.3 Å². The molecular formula is C18H19NO3. The molecule has 4 nitrogen and oxygen atoms in total. The van der Waals surface area contributed by atoms with Crippen molar-refractivity contribution in [2.45, 2.75) is 0 Å². The van der Waals surface area contributed by atoms with Crippen LogP contribution in [0, 0.1) is 0 Å². The predicted molar refractivity (Wildman–Crippen MR) is 86.2 cm³/mol. The highest BCUT2D eigenvalue weighted by atomic mass is 16.5. The second-order valence-electron chi connectivity index (χ2n) is 5.16. The van der Waals surface area contributed by atoms with Gasteiger partial charge in [0.2, 0.25) is 0 Å². The molecule has 2 aromatic rings. The fraction of sp³-hybridized carbons (Fsp3) is 0.278. The van der Waals surface area contributed by atoms with Gasteiger partial charge in [0.05, 0.1) is 25.9 Å². The van der Waals surface area contributed by atoms with Crippen LogP contribution in [0.4, 0.5) is 5.69 Å². The maximum Gasteiger partial charge on any atom is 0.338 e. The first kappa shape index (κ1) is 14.6. The molecule has 2 aromatic carbocycles. The quantitative estimate of drug-likeness (QED) is 0.816. The average Bonchev–Trinajstić information content (AvgIpc) is 2.62. The molecule has 0 saturated carbocycles. The number of morpholine rings is 1. The van der Waals surface area contributed by atoms with Crippen molar-refractivity contribution in [3.8, 4) is 11.1 Å². The molecule has 0 radical (unpaired) electrons. The minimum Gasteiger partial charge on any atom is -0.465 e. The van der Waals surface area contributed by atoms with Crippen molar-refractivity contribution in [1.82, 2.24) is 0 Å². The number of hydrogen-bond acceptors (Lipinski definition) is 4. The molecule has 1 aliphatic heterocycles. The lowest BCUT2D eigenvalue weighted by Gasteiger charge is -2.31. The maximum absolute atomic E-state index is 12.2. The Morgan fingerprint density at radius 1 is 1.05 bits per heavy atom. The fourth-order valence-electron chi connectivity index (χ4n) is 2.80. The van der Waals surface area contributed by atoms with E-state index in [-0.39, 0.29) is 5.97 Å². The summed E-state index contributed by atoms with van der Waals surface area (Å²) in [7, 11) is 1.42. The van der Waals surface area contributed by atoms with E-state index >= 15 is 0 Å². The van der Waals surface area contributed by atoms with Crippen LogP contribution >= 0.6 is 0 Å². The Labute approximate surface area is 130 Å².